The molecule has 2 N–H and O–H groups in total. The second kappa shape index (κ2) is 7.17. The Morgan fingerprint density at radius 2 is 2.05 bits per heavy atom. The number of carbonyl (C=O) groups excluding carboxylic acids is 1. The molecule has 1 heterocycles. The van der Waals surface area contributed by atoms with Crippen LogP contribution in [0.1, 0.15) is 28.1 Å². The van der Waals surface area contributed by atoms with Gasteiger partial charge in [-0.05, 0) is 29.8 Å². The lowest BCUT2D eigenvalue weighted by molar-refractivity contribution is 0.0923. The maximum Gasteiger partial charge on any atom is 0.287 e. The summed E-state index contributed by atoms with van der Waals surface area (Å²) in [5, 5.41) is 11.4. The van der Waals surface area contributed by atoms with E-state index in [2.05, 4.69) is 17.2 Å². The van der Waals surface area contributed by atoms with Crippen molar-refractivity contribution in [2.75, 3.05) is 6.61 Å². The van der Waals surface area contributed by atoms with Crippen LogP contribution in [-0.4, -0.2) is 17.6 Å². The van der Waals surface area contributed by atoms with Crippen LogP contribution < -0.4 is 5.32 Å². The van der Waals surface area contributed by atoms with E-state index in [4.69, 9.17) is 9.52 Å². The molecule has 4 nitrogen and oxygen atoms in total. The Bertz CT molecular complexity index is 603. The minimum Gasteiger partial charge on any atom is -0.459 e. The van der Waals surface area contributed by atoms with Crippen LogP contribution in [0.4, 0.5) is 0 Å². The first-order valence-electron chi connectivity index (χ1n) is 6.30. The third-order valence-electron chi connectivity index (χ3n) is 2.62. The van der Waals surface area contributed by atoms with Crippen molar-refractivity contribution in [1.29, 1.82) is 0 Å². The van der Waals surface area contributed by atoms with Gasteiger partial charge >= 0.3 is 0 Å². The minimum absolute atomic E-state index is 0.0733. The van der Waals surface area contributed by atoms with E-state index in [9.17, 15) is 4.79 Å². The number of benzene rings is 1. The molecule has 1 aromatic heterocycles. The monoisotopic (exact) mass is 269 g/mol. The van der Waals surface area contributed by atoms with Crippen LogP contribution >= 0.6 is 0 Å². The van der Waals surface area contributed by atoms with Gasteiger partial charge in [0.1, 0.15) is 0 Å². The summed E-state index contributed by atoms with van der Waals surface area (Å²) >= 11 is 0. The topological polar surface area (TPSA) is 62.5 Å². The molecule has 0 spiro atoms. The van der Waals surface area contributed by atoms with Gasteiger partial charge < -0.3 is 14.8 Å². The average molecular weight is 269 g/mol. The molecule has 2 rings (SSSR count). The molecule has 0 unspecified atom stereocenters. The highest BCUT2D eigenvalue weighted by Crippen LogP contribution is 2.04. The fraction of sp³-hybridized carbons (Fsp3) is 0.188. The van der Waals surface area contributed by atoms with E-state index in [-0.39, 0.29) is 12.5 Å². The number of furan rings is 1. The molecule has 1 aromatic carbocycles. The van der Waals surface area contributed by atoms with Gasteiger partial charge in [0.2, 0.25) is 0 Å². The lowest BCUT2D eigenvalue weighted by Gasteiger charge is -2.03. The molecule has 0 fully saturated rings. The Morgan fingerprint density at radius 1 is 1.25 bits per heavy atom. The van der Waals surface area contributed by atoms with Crippen molar-refractivity contribution in [3.05, 3.63) is 59.5 Å². The van der Waals surface area contributed by atoms with Crippen molar-refractivity contribution < 1.29 is 14.3 Å². The molecule has 102 valence electrons. The number of rotatable bonds is 4. The van der Waals surface area contributed by atoms with Crippen LogP contribution in [0.5, 0.6) is 0 Å². The Morgan fingerprint density at radius 3 is 2.70 bits per heavy atom. The van der Waals surface area contributed by atoms with Crippen molar-refractivity contribution in [3.8, 4) is 11.8 Å². The SMILES string of the molecule is O=C(NCc1ccc(C#CCCO)cc1)c1ccco1. The van der Waals surface area contributed by atoms with Crippen molar-refractivity contribution >= 4 is 5.91 Å². The molecule has 1 amide bonds. The molecule has 0 atom stereocenters. The predicted octanol–water partition coefficient (Wildman–Crippen LogP) is 1.94. The quantitative estimate of drug-likeness (QED) is 0.834. The number of nitrogens with one attached hydrogen (secondary N) is 1. The number of aliphatic hydroxyl groups is 1. The van der Waals surface area contributed by atoms with Gasteiger partial charge in [0.15, 0.2) is 5.76 Å². The Balaban J connectivity index is 1.88. The van der Waals surface area contributed by atoms with Crippen LogP contribution in [0.25, 0.3) is 0 Å². The number of aliphatic hydroxyl groups excluding tert-OH is 1. The first-order valence-corrected chi connectivity index (χ1v) is 6.30. The highest BCUT2D eigenvalue weighted by molar-refractivity contribution is 5.91. The van der Waals surface area contributed by atoms with Gasteiger partial charge in [-0.1, -0.05) is 24.0 Å². The van der Waals surface area contributed by atoms with Crippen LogP contribution in [0.15, 0.2) is 47.1 Å². The minimum atomic E-state index is -0.234. The van der Waals surface area contributed by atoms with Gasteiger partial charge in [0, 0.05) is 18.5 Å². The standard InChI is InChI=1S/C16H15NO3/c18-10-2-1-4-13-6-8-14(9-7-13)12-17-16(19)15-5-3-11-20-15/h3,5-9,11,18H,2,10,12H2,(H,17,19). The number of carbonyl (C=O) groups is 1. The smallest absolute Gasteiger partial charge is 0.287 e. The largest absolute Gasteiger partial charge is 0.459 e. The summed E-state index contributed by atoms with van der Waals surface area (Å²) in [7, 11) is 0. The first-order chi connectivity index (χ1) is 9.79. The number of amides is 1. The average Bonchev–Trinajstić information content (AvgIpc) is 3.01. The third kappa shape index (κ3) is 4.01. The van der Waals surface area contributed by atoms with E-state index in [0.29, 0.717) is 18.7 Å². The van der Waals surface area contributed by atoms with Crippen molar-refractivity contribution in [3.63, 3.8) is 0 Å². The Labute approximate surface area is 117 Å². The highest BCUT2D eigenvalue weighted by Gasteiger charge is 2.07. The van der Waals surface area contributed by atoms with Gasteiger partial charge in [-0.15, -0.1) is 0 Å². The summed E-state index contributed by atoms with van der Waals surface area (Å²) in [6.07, 6.45) is 1.94. The molecule has 0 radical (unpaired) electrons. The Hall–Kier alpha value is -2.51. The fourth-order valence-corrected chi connectivity index (χ4v) is 1.60. The number of hydrogen-bond donors (Lipinski definition) is 2. The second-order valence-electron chi connectivity index (χ2n) is 4.13. The van der Waals surface area contributed by atoms with Gasteiger partial charge in [-0.3, -0.25) is 4.79 Å². The summed E-state index contributed by atoms with van der Waals surface area (Å²) in [5.74, 6) is 5.87. The van der Waals surface area contributed by atoms with Crippen LogP contribution in [0.2, 0.25) is 0 Å². The highest BCUT2D eigenvalue weighted by atomic mass is 16.3. The van der Waals surface area contributed by atoms with E-state index in [1.165, 1.54) is 6.26 Å². The molecule has 0 aliphatic carbocycles. The molecule has 20 heavy (non-hydrogen) atoms. The maximum absolute atomic E-state index is 11.7. The molecule has 0 bridgehead atoms. The fourth-order valence-electron chi connectivity index (χ4n) is 1.60. The summed E-state index contributed by atoms with van der Waals surface area (Å²) < 4.78 is 5.01. The predicted molar refractivity (Wildman–Crippen MR) is 74.9 cm³/mol. The molecule has 0 saturated carbocycles. The van der Waals surface area contributed by atoms with Gasteiger partial charge in [0.25, 0.3) is 5.91 Å². The molecular weight excluding hydrogens is 254 g/mol. The Kier molecular flexibility index (Phi) is 4.99. The lowest BCUT2D eigenvalue weighted by Crippen LogP contribution is -2.22. The summed E-state index contributed by atoms with van der Waals surface area (Å²) in [6, 6.07) is 10.9. The van der Waals surface area contributed by atoms with E-state index in [0.717, 1.165) is 11.1 Å². The van der Waals surface area contributed by atoms with E-state index >= 15 is 0 Å². The van der Waals surface area contributed by atoms with Gasteiger partial charge in [-0.25, -0.2) is 0 Å². The summed E-state index contributed by atoms with van der Waals surface area (Å²) in [6.45, 7) is 0.508. The van der Waals surface area contributed by atoms with Gasteiger partial charge in [0.05, 0.1) is 12.9 Å². The second-order valence-corrected chi connectivity index (χ2v) is 4.13. The molecule has 2 aromatic rings. The van der Waals surface area contributed by atoms with E-state index in [1.807, 2.05) is 24.3 Å². The normalized spacial score (nSPS) is 9.65. The zero-order valence-electron chi connectivity index (χ0n) is 10.9. The van der Waals surface area contributed by atoms with Gasteiger partial charge in [-0.2, -0.15) is 0 Å². The molecule has 0 aliphatic heterocycles. The van der Waals surface area contributed by atoms with Crippen molar-refractivity contribution in [1.82, 2.24) is 5.32 Å². The summed E-state index contributed by atoms with van der Waals surface area (Å²) in [4.78, 5) is 11.7. The number of hydrogen-bond acceptors (Lipinski definition) is 3. The van der Waals surface area contributed by atoms with Crippen LogP contribution in [0, 0.1) is 11.8 Å². The zero-order valence-corrected chi connectivity index (χ0v) is 10.9. The zero-order chi connectivity index (χ0) is 14.2. The summed E-state index contributed by atoms with van der Waals surface area (Å²) in [5.41, 5.74) is 1.87. The molecular formula is C16H15NO3. The molecule has 0 saturated heterocycles. The molecule has 4 heteroatoms. The van der Waals surface area contributed by atoms with Crippen molar-refractivity contribution in [2.45, 2.75) is 13.0 Å². The van der Waals surface area contributed by atoms with E-state index in [1.54, 1.807) is 12.1 Å². The first kappa shape index (κ1) is 13.9. The van der Waals surface area contributed by atoms with Crippen LogP contribution in [0.3, 0.4) is 0 Å². The van der Waals surface area contributed by atoms with Crippen LogP contribution in [-0.2, 0) is 6.54 Å². The maximum atomic E-state index is 11.7. The van der Waals surface area contributed by atoms with Crippen molar-refractivity contribution in [2.24, 2.45) is 0 Å². The molecule has 0 aliphatic rings. The lowest BCUT2D eigenvalue weighted by atomic mass is 10.1. The van der Waals surface area contributed by atoms with E-state index < -0.39 is 0 Å². The third-order valence-corrected chi connectivity index (χ3v) is 2.62.